The molecule has 0 aliphatic heterocycles. The lowest BCUT2D eigenvalue weighted by Crippen LogP contribution is -2.30. The fourth-order valence-electron chi connectivity index (χ4n) is 3.23. The monoisotopic (exact) mass is 509 g/mol. The highest BCUT2D eigenvalue weighted by Gasteiger charge is 2.30. The van der Waals surface area contributed by atoms with Crippen molar-refractivity contribution < 1.29 is 31.6 Å². The topological polar surface area (TPSA) is 152 Å². The zero-order valence-corrected chi connectivity index (χ0v) is 20.4. The van der Waals surface area contributed by atoms with Gasteiger partial charge in [-0.25, -0.2) is 8.42 Å². The molecule has 0 spiro atoms. The third-order valence-electron chi connectivity index (χ3n) is 5.07. The van der Waals surface area contributed by atoms with E-state index < -0.39 is 22.9 Å². The van der Waals surface area contributed by atoms with E-state index in [-0.39, 0.29) is 53.6 Å². The van der Waals surface area contributed by atoms with E-state index >= 15 is 0 Å². The molecule has 3 rings (SSSR count). The number of hydrogen-bond acceptors (Lipinski definition) is 9. The summed E-state index contributed by atoms with van der Waals surface area (Å²) in [5.41, 5.74) is 0.0604. The molecular formula is C22H30N6O6S. The van der Waals surface area contributed by atoms with Crippen molar-refractivity contribution in [1.82, 2.24) is 15.5 Å². The zero-order valence-electron chi connectivity index (χ0n) is 22.6. The fraction of sp³-hybridized carbons (Fsp3) is 0.455. The number of benzene rings is 1. The lowest BCUT2D eigenvalue weighted by Gasteiger charge is -2.25. The molecule has 12 nitrogen and oxygen atoms in total. The maximum Gasteiger partial charge on any atom is 0.273 e. The number of hydrogen-bond donors (Lipinski definition) is 3. The third-order valence-corrected chi connectivity index (χ3v) is 6.33. The first-order valence-electron chi connectivity index (χ1n) is 12.3. The Kier molecular flexibility index (Phi) is 7.13. The number of sulfonamides is 1. The number of carbonyl (C=O) groups is 2. The van der Waals surface area contributed by atoms with E-state index in [2.05, 4.69) is 20.8 Å². The van der Waals surface area contributed by atoms with Gasteiger partial charge in [0, 0.05) is 42.8 Å². The average molecular weight is 510 g/mol. The van der Waals surface area contributed by atoms with Gasteiger partial charge in [0.2, 0.25) is 15.9 Å². The Morgan fingerprint density at radius 1 is 1.20 bits per heavy atom. The predicted octanol–water partition coefficient (Wildman–Crippen LogP) is 1.74. The number of anilines is 4. The quantitative estimate of drug-likeness (QED) is 0.363. The van der Waals surface area contributed by atoms with Crippen molar-refractivity contribution in [3.8, 4) is 5.75 Å². The molecule has 190 valence electrons. The minimum Gasteiger partial charge on any atom is -0.491 e. The number of aromatic nitrogens is 2. The summed E-state index contributed by atoms with van der Waals surface area (Å²) < 4.78 is 58.9. The third kappa shape index (κ3) is 6.79. The number of amides is 2. The van der Waals surface area contributed by atoms with Crippen molar-refractivity contribution in [2.24, 2.45) is 5.92 Å². The molecule has 35 heavy (non-hydrogen) atoms. The van der Waals surface area contributed by atoms with Crippen LogP contribution in [0.3, 0.4) is 0 Å². The average Bonchev–Trinajstić information content (AvgIpc) is 3.65. The first-order chi connectivity index (χ1) is 17.8. The molecule has 1 saturated carbocycles. The van der Waals surface area contributed by atoms with Gasteiger partial charge in [-0.3, -0.25) is 13.9 Å². The number of nitrogens with one attached hydrogen (secondary N) is 3. The van der Waals surface area contributed by atoms with Gasteiger partial charge < -0.3 is 25.4 Å². The second-order valence-electron chi connectivity index (χ2n) is 7.78. The zero-order chi connectivity index (χ0) is 28.1. The fourth-order valence-corrected chi connectivity index (χ4v) is 4.21. The molecule has 0 saturated heterocycles. The van der Waals surface area contributed by atoms with Crippen LogP contribution in [0.15, 0.2) is 24.3 Å². The Morgan fingerprint density at radius 3 is 2.60 bits per heavy atom. The number of nitrogens with zero attached hydrogens (tertiary/aromatic N) is 3. The lowest BCUT2D eigenvalue weighted by atomic mass is 10.2. The smallest absolute Gasteiger partial charge is 0.273 e. The maximum absolute atomic E-state index is 12.7. The van der Waals surface area contributed by atoms with Crippen LogP contribution in [0.1, 0.15) is 34.4 Å². The van der Waals surface area contributed by atoms with E-state index in [4.69, 9.17) is 13.6 Å². The molecule has 1 aliphatic carbocycles. The van der Waals surface area contributed by atoms with Gasteiger partial charge in [-0.2, -0.15) is 0 Å². The van der Waals surface area contributed by atoms with E-state index in [1.54, 1.807) is 19.1 Å². The van der Waals surface area contributed by atoms with Crippen molar-refractivity contribution in [3.05, 3.63) is 30.0 Å². The van der Waals surface area contributed by atoms with Gasteiger partial charge in [-0.1, -0.05) is 0 Å². The highest BCUT2D eigenvalue weighted by atomic mass is 32.2. The number of rotatable bonds is 12. The molecule has 1 aromatic heterocycles. The second kappa shape index (κ2) is 11.3. The first kappa shape index (κ1) is 22.0. The van der Waals surface area contributed by atoms with Crippen LogP contribution in [-0.4, -0.2) is 70.5 Å². The summed E-state index contributed by atoms with van der Waals surface area (Å²) >= 11 is 0. The van der Waals surface area contributed by atoms with E-state index in [0.29, 0.717) is 12.4 Å². The molecule has 0 atom stereocenters. The van der Waals surface area contributed by atoms with Crippen LogP contribution in [0, 0.1) is 5.92 Å². The number of ether oxygens (including phenoxy) is 2. The molecular weight excluding hydrogens is 476 g/mol. The first-order valence-corrected chi connectivity index (χ1v) is 12.7. The van der Waals surface area contributed by atoms with Crippen LogP contribution in [0.2, 0.25) is 0 Å². The van der Waals surface area contributed by atoms with Gasteiger partial charge >= 0.3 is 0 Å². The van der Waals surface area contributed by atoms with Gasteiger partial charge in [-0.05, 0) is 31.9 Å². The molecule has 1 aromatic carbocycles. The Balaban J connectivity index is 2.06. The van der Waals surface area contributed by atoms with Crippen molar-refractivity contribution in [2.75, 3.05) is 55.0 Å². The summed E-state index contributed by atoms with van der Waals surface area (Å²) in [5.74, 6) is -1.02. The van der Waals surface area contributed by atoms with Gasteiger partial charge in [0.25, 0.3) is 5.91 Å². The Morgan fingerprint density at radius 2 is 1.97 bits per heavy atom. The highest BCUT2D eigenvalue weighted by molar-refractivity contribution is 7.92. The molecule has 0 bridgehead atoms. The minimum absolute atomic E-state index is 0.00768. The van der Waals surface area contributed by atoms with Crippen molar-refractivity contribution in [3.63, 3.8) is 0 Å². The summed E-state index contributed by atoms with van der Waals surface area (Å²) in [7, 11) is -2.21. The summed E-state index contributed by atoms with van der Waals surface area (Å²) in [4.78, 5) is 25.0. The molecule has 1 aliphatic rings. The van der Waals surface area contributed by atoms with Crippen LogP contribution in [0.4, 0.5) is 22.9 Å². The molecule has 1 fully saturated rings. The van der Waals surface area contributed by atoms with Crippen LogP contribution >= 0.6 is 0 Å². The van der Waals surface area contributed by atoms with Crippen molar-refractivity contribution >= 4 is 44.7 Å². The molecule has 0 unspecified atom stereocenters. The normalized spacial score (nSPS) is 14.8. The predicted molar refractivity (Wildman–Crippen MR) is 132 cm³/mol. The molecule has 3 N–H and O–H groups in total. The van der Waals surface area contributed by atoms with Gasteiger partial charge in [-0.15, -0.1) is 10.2 Å². The minimum atomic E-state index is -3.73. The SMILES string of the molecule is [2H]C([2H])([2H])NC(=O)c1nnc(NC(=O)C2CC2)cc1Nc1ccc(OCCOC)cc1N(CC)S(C)(=O)=O. The maximum atomic E-state index is 12.7. The van der Waals surface area contributed by atoms with E-state index in [0.717, 1.165) is 23.4 Å². The molecule has 0 radical (unpaired) electrons. The van der Waals surface area contributed by atoms with Gasteiger partial charge in [0.15, 0.2) is 11.5 Å². The number of methoxy groups -OCH3 is 1. The summed E-state index contributed by atoms with van der Waals surface area (Å²) in [6.07, 6.45) is 2.56. The largest absolute Gasteiger partial charge is 0.491 e. The van der Waals surface area contributed by atoms with Crippen molar-refractivity contribution in [2.45, 2.75) is 19.8 Å². The summed E-state index contributed by atoms with van der Waals surface area (Å²) in [5, 5.41) is 15.1. The Hall–Kier alpha value is -3.45. The van der Waals surface area contributed by atoms with E-state index in [1.807, 2.05) is 5.32 Å². The lowest BCUT2D eigenvalue weighted by molar-refractivity contribution is -0.117. The standard InChI is InChI=1S/C22H30N6O6S/c1-5-28(35(4,31)32)18-12-15(34-11-10-33-3)8-9-16(18)24-17-13-19(25-21(29)14-6-7-14)26-27-20(17)22(30)23-2/h8-9,12-14H,5-7,10-11H2,1-4H3,(H,23,30)(H2,24,25,26,29)/i2D3. The molecule has 2 amide bonds. The van der Waals surface area contributed by atoms with Crippen molar-refractivity contribution in [1.29, 1.82) is 0 Å². The van der Waals surface area contributed by atoms with Gasteiger partial charge in [0.05, 0.1) is 29.9 Å². The van der Waals surface area contributed by atoms with Crippen LogP contribution in [-0.2, 0) is 19.6 Å². The number of carbonyl (C=O) groups excluding carboxylic acids is 2. The second-order valence-corrected chi connectivity index (χ2v) is 9.69. The molecule has 13 heteroatoms. The van der Waals surface area contributed by atoms with E-state index in [1.165, 1.54) is 19.2 Å². The van der Waals surface area contributed by atoms with Crippen LogP contribution in [0.25, 0.3) is 0 Å². The molecule has 1 heterocycles. The summed E-state index contributed by atoms with van der Waals surface area (Å²) in [6.45, 7) is -0.516. The van der Waals surface area contributed by atoms with Gasteiger partial charge in [0.1, 0.15) is 12.4 Å². The Bertz CT molecular complexity index is 1290. The van der Waals surface area contributed by atoms with Crippen LogP contribution < -0.4 is 25.0 Å². The van der Waals surface area contributed by atoms with Crippen LogP contribution in [0.5, 0.6) is 5.75 Å². The highest BCUT2D eigenvalue weighted by Crippen LogP contribution is 2.35. The Labute approximate surface area is 208 Å². The van der Waals surface area contributed by atoms with E-state index in [9.17, 15) is 18.0 Å². The molecule has 2 aromatic rings. The summed E-state index contributed by atoms with van der Waals surface area (Å²) in [6, 6.07) is 5.96.